The molecule has 1 aliphatic rings. The van der Waals surface area contributed by atoms with Crippen molar-refractivity contribution in [3.8, 4) is 16.9 Å². The van der Waals surface area contributed by atoms with E-state index < -0.39 is 11.9 Å². The zero-order chi connectivity index (χ0) is 24.4. The molecule has 3 amide bonds. The molecule has 1 aromatic heterocycles. The first-order chi connectivity index (χ1) is 16.3. The maximum Gasteiger partial charge on any atom is 0.324 e. The highest BCUT2D eigenvalue weighted by molar-refractivity contribution is 6.35. The van der Waals surface area contributed by atoms with E-state index in [2.05, 4.69) is 10.4 Å². The third kappa shape index (κ3) is 5.09. The highest BCUT2D eigenvalue weighted by Gasteiger charge is 2.27. The number of nitrogens with zero attached hydrogens (tertiary/aromatic N) is 3. The second-order valence-electron chi connectivity index (χ2n) is 8.50. The average Bonchev–Trinajstić information content (AvgIpc) is 3.16. The van der Waals surface area contributed by atoms with Crippen LogP contribution >= 0.6 is 34.8 Å². The SMILES string of the molecule is Cc1c(C(=O)NC(=O)N(C)C2CCCCC2)nn(-c2ccc(Cl)cc2Cl)c1-c1ccc(Cl)cc1. The van der Waals surface area contributed by atoms with E-state index in [9.17, 15) is 9.59 Å². The summed E-state index contributed by atoms with van der Waals surface area (Å²) in [7, 11) is 1.73. The van der Waals surface area contributed by atoms with Crippen LogP contribution in [0.1, 0.15) is 48.2 Å². The summed E-state index contributed by atoms with van der Waals surface area (Å²) in [4.78, 5) is 27.6. The zero-order valence-corrected chi connectivity index (χ0v) is 21.2. The van der Waals surface area contributed by atoms with E-state index in [4.69, 9.17) is 34.8 Å². The fourth-order valence-corrected chi connectivity index (χ4v) is 4.98. The molecule has 6 nitrogen and oxygen atoms in total. The smallest absolute Gasteiger partial charge is 0.324 e. The summed E-state index contributed by atoms with van der Waals surface area (Å²) in [5.41, 5.74) is 2.77. The first kappa shape index (κ1) is 24.6. The van der Waals surface area contributed by atoms with E-state index in [1.54, 1.807) is 53.9 Å². The quantitative estimate of drug-likeness (QED) is 0.407. The topological polar surface area (TPSA) is 67.2 Å². The third-order valence-electron chi connectivity index (χ3n) is 6.26. The van der Waals surface area contributed by atoms with Crippen molar-refractivity contribution >= 4 is 46.7 Å². The molecule has 9 heteroatoms. The van der Waals surface area contributed by atoms with Gasteiger partial charge in [0.05, 0.1) is 16.4 Å². The Morgan fingerprint density at radius 2 is 1.65 bits per heavy atom. The summed E-state index contributed by atoms with van der Waals surface area (Å²) < 4.78 is 1.60. The molecule has 0 spiro atoms. The van der Waals surface area contributed by atoms with Crippen LogP contribution in [0.4, 0.5) is 4.79 Å². The van der Waals surface area contributed by atoms with Crippen molar-refractivity contribution in [1.82, 2.24) is 20.0 Å². The van der Waals surface area contributed by atoms with Gasteiger partial charge < -0.3 is 4.90 Å². The van der Waals surface area contributed by atoms with Gasteiger partial charge in [0.25, 0.3) is 5.91 Å². The normalized spacial score (nSPS) is 14.1. The number of amides is 3. The molecule has 0 saturated heterocycles. The third-order valence-corrected chi connectivity index (χ3v) is 7.05. The van der Waals surface area contributed by atoms with E-state index in [0.717, 1.165) is 31.2 Å². The van der Waals surface area contributed by atoms with Crippen LogP contribution in [0.15, 0.2) is 42.5 Å². The Labute approximate surface area is 213 Å². The molecule has 0 bridgehead atoms. The molecular formula is C25H25Cl3N4O2. The molecule has 178 valence electrons. The van der Waals surface area contributed by atoms with Crippen LogP contribution < -0.4 is 5.32 Å². The van der Waals surface area contributed by atoms with Gasteiger partial charge in [0.15, 0.2) is 5.69 Å². The minimum atomic E-state index is -0.566. The molecule has 3 aromatic rings. The number of hydrogen-bond acceptors (Lipinski definition) is 3. The van der Waals surface area contributed by atoms with Gasteiger partial charge >= 0.3 is 6.03 Å². The van der Waals surface area contributed by atoms with E-state index >= 15 is 0 Å². The van der Waals surface area contributed by atoms with E-state index in [1.807, 2.05) is 12.1 Å². The standard InChI is InChI=1S/C25H25Cl3N4O2/c1-15-22(24(33)29-25(34)31(2)19-6-4-3-5-7-19)30-32(21-13-12-18(27)14-20(21)28)23(15)16-8-10-17(26)11-9-16/h8-14,19H,3-7H2,1-2H3,(H,29,33,34). The average molecular weight is 520 g/mol. The molecule has 1 saturated carbocycles. The van der Waals surface area contributed by atoms with Gasteiger partial charge in [0, 0.05) is 34.3 Å². The van der Waals surface area contributed by atoms with E-state index in [-0.39, 0.29) is 11.7 Å². The second kappa shape index (κ2) is 10.4. The number of hydrogen-bond donors (Lipinski definition) is 1. The molecule has 0 unspecified atom stereocenters. The highest BCUT2D eigenvalue weighted by atomic mass is 35.5. The largest absolute Gasteiger partial charge is 0.325 e. The molecule has 1 N–H and O–H groups in total. The first-order valence-corrected chi connectivity index (χ1v) is 12.3. The van der Waals surface area contributed by atoms with Crippen molar-refractivity contribution in [1.29, 1.82) is 0 Å². The fraction of sp³-hybridized carbons (Fsp3) is 0.320. The maximum absolute atomic E-state index is 13.2. The van der Waals surface area contributed by atoms with Crippen molar-refractivity contribution in [3.05, 3.63) is 68.8 Å². The highest BCUT2D eigenvalue weighted by Crippen LogP contribution is 2.33. The van der Waals surface area contributed by atoms with Crippen molar-refractivity contribution in [2.45, 2.75) is 45.1 Å². The number of carbonyl (C=O) groups excluding carboxylic acids is 2. The summed E-state index contributed by atoms with van der Waals surface area (Å²) in [6.07, 6.45) is 5.25. The predicted octanol–water partition coefficient (Wildman–Crippen LogP) is 6.92. The van der Waals surface area contributed by atoms with Crippen molar-refractivity contribution in [2.75, 3.05) is 7.05 Å². The molecule has 2 aromatic carbocycles. The molecule has 1 aliphatic carbocycles. The Morgan fingerprint density at radius 3 is 2.29 bits per heavy atom. The van der Waals surface area contributed by atoms with Gasteiger partial charge in [-0.1, -0.05) is 66.2 Å². The predicted molar refractivity (Wildman–Crippen MR) is 136 cm³/mol. The molecule has 0 atom stereocenters. The maximum atomic E-state index is 13.2. The summed E-state index contributed by atoms with van der Waals surface area (Å²) in [5.74, 6) is -0.566. The molecule has 4 rings (SSSR count). The number of nitrogens with one attached hydrogen (secondary N) is 1. The Bertz CT molecular complexity index is 1220. The van der Waals surface area contributed by atoms with Gasteiger partial charge in [-0.25, -0.2) is 9.48 Å². The number of carbonyl (C=O) groups is 2. The Hall–Kier alpha value is -2.54. The van der Waals surface area contributed by atoms with Crippen LogP contribution in [0.2, 0.25) is 15.1 Å². The summed E-state index contributed by atoms with van der Waals surface area (Å²) in [6.45, 7) is 1.79. The van der Waals surface area contributed by atoms with Gasteiger partial charge in [-0.2, -0.15) is 5.10 Å². The van der Waals surface area contributed by atoms with Crippen LogP contribution in [-0.4, -0.2) is 39.7 Å². The van der Waals surface area contributed by atoms with Crippen LogP contribution in [0.5, 0.6) is 0 Å². The number of imide groups is 1. The Balaban J connectivity index is 1.71. The van der Waals surface area contributed by atoms with Gasteiger partial charge in [-0.15, -0.1) is 0 Å². The number of rotatable bonds is 4. The first-order valence-electron chi connectivity index (χ1n) is 11.2. The van der Waals surface area contributed by atoms with Gasteiger partial charge in [-0.05, 0) is 50.1 Å². The Kier molecular flexibility index (Phi) is 7.51. The summed E-state index contributed by atoms with van der Waals surface area (Å²) >= 11 is 18.6. The zero-order valence-electron chi connectivity index (χ0n) is 18.9. The number of aromatic nitrogens is 2. The lowest BCUT2D eigenvalue weighted by atomic mass is 9.95. The van der Waals surface area contributed by atoms with E-state index in [1.165, 1.54) is 6.42 Å². The second-order valence-corrected chi connectivity index (χ2v) is 9.78. The lowest BCUT2D eigenvalue weighted by Crippen LogP contribution is -2.46. The van der Waals surface area contributed by atoms with Gasteiger partial charge in [-0.3, -0.25) is 10.1 Å². The van der Waals surface area contributed by atoms with Crippen molar-refractivity contribution in [2.24, 2.45) is 0 Å². The molecule has 1 fully saturated rings. The molecule has 34 heavy (non-hydrogen) atoms. The minimum Gasteiger partial charge on any atom is -0.325 e. The lowest BCUT2D eigenvalue weighted by Gasteiger charge is -2.30. The molecular weight excluding hydrogens is 495 g/mol. The van der Waals surface area contributed by atoms with Crippen LogP contribution in [0.3, 0.4) is 0 Å². The minimum absolute atomic E-state index is 0.137. The van der Waals surface area contributed by atoms with Gasteiger partial charge in [0.2, 0.25) is 0 Å². The Morgan fingerprint density at radius 1 is 1.00 bits per heavy atom. The van der Waals surface area contributed by atoms with Crippen molar-refractivity contribution < 1.29 is 9.59 Å². The molecule has 0 radical (unpaired) electrons. The van der Waals surface area contributed by atoms with Crippen LogP contribution in [0.25, 0.3) is 16.9 Å². The molecule has 1 heterocycles. The van der Waals surface area contributed by atoms with Crippen LogP contribution in [-0.2, 0) is 0 Å². The number of urea groups is 1. The van der Waals surface area contributed by atoms with Crippen LogP contribution in [0, 0.1) is 6.92 Å². The number of halogens is 3. The fourth-order valence-electron chi connectivity index (χ4n) is 4.36. The monoisotopic (exact) mass is 518 g/mol. The van der Waals surface area contributed by atoms with Gasteiger partial charge in [0.1, 0.15) is 0 Å². The summed E-state index contributed by atoms with van der Waals surface area (Å²) in [5, 5.41) is 8.53. The van der Waals surface area contributed by atoms with Crippen molar-refractivity contribution in [3.63, 3.8) is 0 Å². The molecule has 0 aliphatic heterocycles. The number of benzene rings is 2. The lowest BCUT2D eigenvalue weighted by molar-refractivity contribution is 0.0940. The summed E-state index contributed by atoms with van der Waals surface area (Å²) in [6, 6.07) is 12.0. The van der Waals surface area contributed by atoms with E-state index in [0.29, 0.717) is 32.0 Å².